The van der Waals surface area contributed by atoms with E-state index in [9.17, 15) is 9.59 Å². The number of hydrogen-bond acceptors (Lipinski definition) is 4. The number of hydrogen-bond donors (Lipinski definition) is 2. The number of anilines is 1. The molecule has 6 heteroatoms. The van der Waals surface area contributed by atoms with E-state index in [1.165, 1.54) is 29.1 Å². The lowest BCUT2D eigenvalue weighted by atomic mass is 10.0. The zero-order valence-corrected chi connectivity index (χ0v) is 15.6. The van der Waals surface area contributed by atoms with E-state index in [0.29, 0.717) is 5.75 Å². The normalized spacial score (nSPS) is 16.0. The van der Waals surface area contributed by atoms with Crippen molar-refractivity contribution in [1.82, 2.24) is 5.32 Å². The predicted molar refractivity (Wildman–Crippen MR) is 104 cm³/mol. The van der Waals surface area contributed by atoms with Crippen LogP contribution in [0.2, 0.25) is 0 Å². The molecule has 4 nitrogen and oxygen atoms in total. The molecule has 2 aromatic carbocycles. The lowest BCUT2D eigenvalue weighted by molar-refractivity contribution is -0.119. The average molecular weight is 373 g/mol. The summed E-state index contributed by atoms with van der Waals surface area (Å²) in [5.74, 6) is 1.36. The van der Waals surface area contributed by atoms with Gasteiger partial charge in [-0.1, -0.05) is 18.2 Å². The summed E-state index contributed by atoms with van der Waals surface area (Å²) in [6.45, 7) is 1.48. The van der Waals surface area contributed by atoms with Gasteiger partial charge in [-0.15, -0.1) is 23.5 Å². The first-order chi connectivity index (χ1) is 12.1. The second-order valence-corrected chi connectivity index (χ2v) is 7.97. The summed E-state index contributed by atoms with van der Waals surface area (Å²) in [6.07, 6.45) is 0.962. The van der Waals surface area contributed by atoms with Crippen LogP contribution >= 0.6 is 23.5 Å². The molecular weight excluding hydrogens is 352 g/mol. The van der Waals surface area contributed by atoms with E-state index in [2.05, 4.69) is 22.8 Å². The lowest BCUT2D eigenvalue weighted by Gasteiger charge is -2.25. The first-order valence-electron chi connectivity index (χ1n) is 8.13. The van der Waals surface area contributed by atoms with E-state index in [-0.39, 0.29) is 17.9 Å². The lowest BCUT2D eigenvalue weighted by Crippen LogP contribution is -2.31. The minimum Gasteiger partial charge on any atom is -0.349 e. The number of fused-ring (bicyclic) bond motifs is 1. The van der Waals surface area contributed by atoms with Gasteiger partial charge in [0.2, 0.25) is 11.8 Å². The quantitative estimate of drug-likeness (QED) is 0.776. The van der Waals surface area contributed by atoms with Gasteiger partial charge in [-0.25, -0.2) is 0 Å². The SMILES string of the molecule is CC(=O)Nc1ccc(SCC(=O)N[C@@H]2CCSc3ccccc32)cc1. The first kappa shape index (κ1) is 17.9. The maximum absolute atomic E-state index is 12.3. The summed E-state index contributed by atoms with van der Waals surface area (Å²) < 4.78 is 0. The minimum absolute atomic E-state index is 0.0441. The second-order valence-electron chi connectivity index (χ2n) is 5.79. The Morgan fingerprint density at radius 3 is 2.68 bits per heavy atom. The van der Waals surface area contributed by atoms with Crippen LogP contribution in [0, 0.1) is 0 Å². The number of rotatable bonds is 5. The fourth-order valence-corrected chi connectivity index (χ4v) is 4.55. The van der Waals surface area contributed by atoms with Crippen LogP contribution in [0.25, 0.3) is 0 Å². The fraction of sp³-hybridized carbons (Fsp3) is 0.263. The summed E-state index contributed by atoms with van der Waals surface area (Å²) in [4.78, 5) is 25.6. The van der Waals surface area contributed by atoms with Gasteiger partial charge in [0.05, 0.1) is 11.8 Å². The number of nitrogens with one attached hydrogen (secondary N) is 2. The van der Waals surface area contributed by atoms with Crippen molar-refractivity contribution in [2.45, 2.75) is 29.2 Å². The molecule has 0 radical (unpaired) electrons. The molecule has 1 heterocycles. The van der Waals surface area contributed by atoms with E-state index in [4.69, 9.17) is 0 Å². The van der Waals surface area contributed by atoms with E-state index >= 15 is 0 Å². The summed E-state index contributed by atoms with van der Waals surface area (Å²) >= 11 is 3.34. The average Bonchev–Trinajstić information content (AvgIpc) is 2.61. The Kier molecular flexibility index (Phi) is 6.04. The van der Waals surface area contributed by atoms with Gasteiger partial charge in [-0.05, 0) is 42.3 Å². The van der Waals surface area contributed by atoms with Crippen LogP contribution in [0.3, 0.4) is 0 Å². The van der Waals surface area contributed by atoms with Crippen LogP contribution in [0.4, 0.5) is 5.69 Å². The monoisotopic (exact) mass is 372 g/mol. The maximum Gasteiger partial charge on any atom is 0.230 e. The van der Waals surface area contributed by atoms with E-state index in [1.807, 2.05) is 48.2 Å². The Labute approximate surface area is 156 Å². The van der Waals surface area contributed by atoms with Gasteiger partial charge in [0, 0.05) is 28.2 Å². The van der Waals surface area contributed by atoms with E-state index < -0.39 is 0 Å². The third kappa shape index (κ3) is 5.03. The molecule has 2 amide bonds. The number of benzene rings is 2. The second kappa shape index (κ2) is 8.45. The highest BCUT2D eigenvalue weighted by atomic mass is 32.2. The molecule has 0 unspecified atom stereocenters. The van der Waals surface area contributed by atoms with Crippen molar-refractivity contribution in [3.05, 3.63) is 54.1 Å². The molecule has 0 aliphatic carbocycles. The Morgan fingerprint density at radius 2 is 1.92 bits per heavy atom. The van der Waals surface area contributed by atoms with Gasteiger partial charge in [-0.3, -0.25) is 9.59 Å². The van der Waals surface area contributed by atoms with Crippen LogP contribution in [-0.4, -0.2) is 23.3 Å². The van der Waals surface area contributed by atoms with Crippen molar-refractivity contribution in [2.75, 3.05) is 16.8 Å². The fourth-order valence-electron chi connectivity index (χ4n) is 2.71. The molecule has 1 aliphatic heterocycles. The molecule has 0 saturated carbocycles. The van der Waals surface area contributed by atoms with Gasteiger partial charge >= 0.3 is 0 Å². The van der Waals surface area contributed by atoms with Crippen LogP contribution in [0.1, 0.15) is 24.9 Å². The summed E-state index contributed by atoms with van der Waals surface area (Å²) in [5, 5.41) is 5.88. The molecule has 3 rings (SSSR count). The maximum atomic E-state index is 12.3. The van der Waals surface area contributed by atoms with Gasteiger partial charge in [0.15, 0.2) is 0 Å². The van der Waals surface area contributed by atoms with Gasteiger partial charge in [-0.2, -0.15) is 0 Å². The molecule has 130 valence electrons. The molecule has 25 heavy (non-hydrogen) atoms. The standard InChI is InChI=1S/C19H20N2O2S2/c1-13(22)20-14-6-8-15(9-7-14)25-12-19(23)21-17-10-11-24-18-5-3-2-4-16(17)18/h2-9,17H,10-12H2,1H3,(H,20,22)(H,21,23)/t17-/m1/s1. The van der Waals surface area contributed by atoms with Crippen molar-refractivity contribution in [3.63, 3.8) is 0 Å². The van der Waals surface area contributed by atoms with Gasteiger partial charge in [0.25, 0.3) is 0 Å². The third-order valence-electron chi connectivity index (χ3n) is 3.84. The first-order valence-corrected chi connectivity index (χ1v) is 10.1. The number of carbonyl (C=O) groups is 2. The summed E-state index contributed by atoms with van der Waals surface area (Å²) in [5.41, 5.74) is 1.98. The molecule has 1 aliphatic rings. The van der Waals surface area contributed by atoms with E-state index in [1.54, 1.807) is 0 Å². The molecule has 2 aromatic rings. The molecule has 0 fully saturated rings. The van der Waals surface area contributed by atoms with Crippen LogP contribution in [-0.2, 0) is 9.59 Å². The zero-order chi connectivity index (χ0) is 17.6. The van der Waals surface area contributed by atoms with Gasteiger partial charge < -0.3 is 10.6 Å². The molecular formula is C19H20N2O2S2. The highest BCUT2D eigenvalue weighted by Crippen LogP contribution is 2.35. The van der Waals surface area contributed by atoms with Crippen LogP contribution in [0.15, 0.2) is 58.3 Å². The largest absolute Gasteiger partial charge is 0.349 e. The molecule has 1 atom stereocenters. The van der Waals surface area contributed by atoms with Crippen molar-refractivity contribution < 1.29 is 9.59 Å². The highest BCUT2D eigenvalue weighted by molar-refractivity contribution is 8.00. The molecule has 0 bridgehead atoms. The topological polar surface area (TPSA) is 58.2 Å². The molecule has 0 spiro atoms. The minimum atomic E-state index is -0.0919. The number of carbonyl (C=O) groups excluding carboxylic acids is 2. The summed E-state index contributed by atoms with van der Waals surface area (Å²) in [6, 6.07) is 15.9. The Bertz CT molecular complexity index is 762. The van der Waals surface area contributed by atoms with Crippen molar-refractivity contribution in [2.24, 2.45) is 0 Å². The van der Waals surface area contributed by atoms with Crippen molar-refractivity contribution in [3.8, 4) is 0 Å². The zero-order valence-electron chi connectivity index (χ0n) is 14.0. The molecule has 0 saturated heterocycles. The van der Waals surface area contributed by atoms with Crippen molar-refractivity contribution >= 4 is 41.0 Å². The smallest absolute Gasteiger partial charge is 0.230 e. The molecule has 2 N–H and O–H groups in total. The Balaban J connectivity index is 1.53. The van der Waals surface area contributed by atoms with E-state index in [0.717, 1.165) is 22.8 Å². The predicted octanol–water partition coefficient (Wildman–Crippen LogP) is 4.09. The van der Waals surface area contributed by atoms with Crippen molar-refractivity contribution in [1.29, 1.82) is 0 Å². The van der Waals surface area contributed by atoms with Crippen LogP contribution < -0.4 is 10.6 Å². The van der Waals surface area contributed by atoms with Crippen LogP contribution in [0.5, 0.6) is 0 Å². The summed E-state index contributed by atoms with van der Waals surface area (Å²) in [7, 11) is 0. The number of amides is 2. The highest BCUT2D eigenvalue weighted by Gasteiger charge is 2.21. The number of thioether (sulfide) groups is 2. The Morgan fingerprint density at radius 1 is 1.16 bits per heavy atom. The Hall–Kier alpha value is -1.92. The third-order valence-corrected chi connectivity index (χ3v) is 5.97. The van der Waals surface area contributed by atoms with Gasteiger partial charge in [0.1, 0.15) is 0 Å². The molecule has 0 aromatic heterocycles.